The van der Waals surface area contributed by atoms with Crippen LogP contribution in [0.3, 0.4) is 0 Å². The Kier molecular flexibility index (Phi) is 4.15. The molecule has 5 nitrogen and oxygen atoms in total. The highest BCUT2D eigenvalue weighted by molar-refractivity contribution is 7.89. The van der Waals surface area contributed by atoms with Gasteiger partial charge in [0.1, 0.15) is 4.90 Å². The van der Waals surface area contributed by atoms with Gasteiger partial charge in [0, 0.05) is 19.3 Å². The summed E-state index contributed by atoms with van der Waals surface area (Å²) in [5.41, 5.74) is 5.83. The van der Waals surface area contributed by atoms with Crippen LogP contribution in [0.1, 0.15) is 0 Å². The molecule has 1 aromatic carbocycles. The summed E-state index contributed by atoms with van der Waals surface area (Å²) in [4.78, 5) is -0.0508. The van der Waals surface area contributed by atoms with E-state index < -0.39 is 10.0 Å². The third-order valence-electron chi connectivity index (χ3n) is 2.06. The molecule has 0 heterocycles. The predicted molar refractivity (Wildman–Crippen MR) is 62.8 cm³/mol. The molecule has 0 aliphatic rings. The number of nitrogens with two attached hydrogens (primary N) is 1. The van der Waals surface area contributed by atoms with Gasteiger partial charge in [-0.2, -0.15) is 4.31 Å². The van der Waals surface area contributed by atoms with Gasteiger partial charge in [-0.05, 0) is 18.2 Å². The van der Waals surface area contributed by atoms with E-state index in [1.807, 2.05) is 0 Å². The average Bonchev–Trinajstić information content (AvgIpc) is 2.22. The number of halogens is 1. The Morgan fingerprint density at radius 3 is 2.69 bits per heavy atom. The van der Waals surface area contributed by atoms with E-state index in [0.29, 0.717) is 5.69 Å². The van der Waals surface area contributed by atoms with E-state index >= 15 is 0 Å². The summed E-state index contributed by atoms with van der Waals surface area (Å²) in [7, 11) is -2.33. The highest BCUT2D eigenvalue weighted by Crippen LogP contribution is 2.25. The molecule has 0 unspecified atom stereocenters. The molecule has 90 valence electrons. The van der Waals surface area contributed by atoms with Gasteiger partial charge in [0.2, 0.25) is 10.0 Å². The van der Waals surface area contributed by atoms with Crippen molar-refractivity contribution in [2.24, 2.45) is 0 Å². The molecule has 0 saturated heterocycles. The Morgan fingerprint density at radius 2 is 2.12 bits per heavy atom. The maximum Gasteiger partial charge on any atom is 0.244 e. The molecule has 1 rings (SSSR count). The van der Waals surface area contributed by atoms with Crippen molar-refractivity contribution < 1.29 is 13.5 Å². The fourth-order valence-corrected chi connectivity index (χ4v) is 2.81. The van der Waals surface area contributed by atoms with E-state index in [9.17, 15) is 8.42 Å². The molecule has 0 atom stereocenters. The first kappa shape index (κ1) is 13.2. The second kappa shape index (κ2) is 5.01. The van der Waals surface area contributed by atoms with E-state index in [1.165, 1.54) is 25.2 Å². The van der Waals surface area contributed by atoms with Crippen LogP contribution < -0.4 is 5.73 Å². The Bertz CT molecular complexity index is 476. The van der Waals surface area contributed by atoms with Crippen LogP contribution in [0.4, 0.5) is 5.69 Å². The Labute approximate surface area is 99.5 Å². The topological polar surface area (TPSA) is 83.6 Å². The van der Waals surface area contributed by atoms with Gasteiger partial charge in [0.15, 0.2) is 0 Å². The van der Waals surface area contributed by atoms with Gasteiger partial charge in [-0.3, -0.25) is 0 Å². The number of anilines is 1. The Balaban J connectivity index is 3.21. The van der Waals surface area contributed by atoms with Crippen LogP contribution in [0.25, 0.3) is 0 Å². The average molecular weight is 265 g/mol. The lowest BCUT2D eigenvalue weighted by atomic mass is 10.3. The van der Waals surface area contributed by atoms with Gasteiger partial charge in [0.05, 0.1) is 11.6 Å². The quantitative estimate of drug-likeness (QED) is 0.778. The zero-order valence-electron chi connectivity index (χ0n) is 8.72. The molecule has 0 aromatic heterocycles. The monoisotopic (exact) mass is 264 g/mol. The number of hydrogen-bond acceptors (Lipinski definition) is 4. The van der Waals surface area contributed by atoms with Gasteiger partial charge >= 0.3 is 0 Å². The van der Waals surface area contributed by atoms with E-state index in [0.717, 1.165) is 4.31 Å². The fraction of sp³-hybridized carbons (Fsp3) is 0.333. The van der Waals surface area contributed by atoms with Crippen molar-refractivity contribution in [2.45, 2.75) is 4.90 Å². The van der Waals surface area contributed by atoms with Crippen molar-refractivity contribution >= 4 is 27.3 Å². The molecule has 0 bridgehead atoms. The second-order valence-corrected chi connectivity index (χ2v) is 5.66. The molecule has 7 heteroatoms. The second-order valence-electron chi connectivity index (χ2n) is 3.24. The van der Waals surface area contributed by atoms with Crippen molar-refractivity contribution in [3.05, 3.63) is 23.2 Å². The van der Waals surface area contributed by atoms with Crippen LogP contribution in [-0.2, 0) is 10.0 Å². The van der Waals surface area contributed by atoms with Crippen LogP contribution in [0.5, 0.6) is 0 Å². The van der Waals surface area contributed by atoms with Gasteiger partial charge in [-0.15, -0.1) is 0 Å². The van der Waals surface area contributed by atoms with Crippen molar-refractivity contribution in [3.63, 3.8) is 0 Å². The molecule has 1 aromatic rings. The molecule has 0 fully saturated rings. The van der Waals surface area contributed by atoms with E-state index in [-0.39, 0.29) is 23.1 Å². The predicted octanol–water partition coefficient (Wildman–Crippen LogP) is 0.535. The summed E-state index contributed by atoms with van der Waals surface area (Å²) >= 11 is 5.80. The van der Waals surface area contributed by atoms with Crippen LogP contribution in [0.15, 0.2) is 23.1 Å². The maximum atomic E-state index is 12.0. The summed E-state index contributed by atoms with van der Waals surface area (Å²) in [6.07, 6.45) is 0. The molecular formula is C9H13ClN2O3S. The van der Waals surface area contributed by atoms with Gasteiger partial charge in [0.25, 0.3) is 0 Å². The highest BCUT2D eigenvalue weighted by Gasteiger charge is 2.23. The zero-order valence-corrected chi connectivity index (χ0v) is 10.3. The fourth-order valence-electron chi connectivity index (χ4n) is 1.15. The minimum atomic E-state index is -3.69. The van der Waals surface area contributed by atoms with Crippen molar-refractivity contribution in [2.75, 3.05) is 25.9 Å². The van der Waals surface area contributed by atoms with Crippen LogP contribution >= 0.6 is 11.6 Å². The van der Waals surface area contributed by atoms with E-state index in [1.54, 1.807) is 0 Å². The number of hydrogen-bond donors (Lipinski definition) is 2. The molecule has 0 aliphatic carbocycles. The van der Waals surface area contributed by atoms with E-state index in [4.69, 9.17) is 22.4 Å². The van der Waals surface area contributed by atoms with Gasteiger partial charge in [-0.25, -0.2) is 8.42 Å². The maximum absolute atomic E-state index is 12.0. The molecule has 0 spiro atoms. The lowest BCUT2D eigenvalue weighted by Gasteiger charge is -2.16. The first-order chi connectivity index (χ1) is 7.39. The molecule has 0 aliphatic heterocycles. The number of nitrogen functional groups attached to an aromatic ring is 1. The highest BCUT2D eigenvalue weighted by atomic mass is 35.5. The molecule has 0 radical (unpaired) electrons. The third kappa shape index (κ3) is 2.65. The molecule has 0 amide bonds. The first-order valence-corrected chi connectivity index (χ1v) is 6.33. The smallest absolute Gasteiger partial charge is 0.244 e. The summed E-state index contributed by atoms with van der Waals surface area (Å²) in [6, 6.07) is 4.25. The Hall–Kier alpha value is -0.820. The lowest BCUT2D eigenvalue weighted by molar-refractivity contribution is 0.266. The number of sulfonamides is 1. The number of nitrogens with zero attached hydrogens (tertiary/aromatic N) is 1. The van der Waals surface area contributed by atoms with Gasteiger partial charge in [-0.1, -0.05) is 11.6 Å². The standard InChI is InChI=1S/C9H13ClN2O3S/c1-12(4-5-13)16(14,15)9-6-7(11)2-3-8(9)10/h2-3,6,13H,4-5,11H2,1H3. The largest absolute Gasteiger partial charge is 0.399 e. The van der Waals surface area contributed by atoms with Crippen molar-refractivity contribution in [1.29, 1.82) is 0 Å². The lowest BCUT2D eigenvalue weighted by Crippen LogP contribution is -2.29. The van der Waals surface area contributed by atoms with Gasteiger partial charge < -0.3 is 10.8 Å². The van der Waals surface area contributed by atoms with Crippen molar-refractivity contribution in [3.8, 4) is 0 Å². The van der Waals surface area contributed by atoms with Crippen LogP contribution in [-0.4, -0.2) is 38.0 Å². The SMILES string of the molecule is CN(CCO)S(=O)(=O)c1cc(N)ccc1Cl. The normalized spacial score (nSPS) is 12.0. The molecule has 3 N–H and O–H groups in total. The summed E-state index contributed by atoms with van der Waals surface area (Å²) in [5.74, 6) is 0. The number of benzene rings is 1. The number of likely N-dealkylation sites (N-methyl/N-ethyl adjacent to an activating group) is 1. The third-order valence-corrected chi connectivity index (χ3v) is 4.40. The minimum absolute atomic E-state index is 0.00740. The van der Waals surface area contributed by atoms with E-state index in [2.05, 4.69) is 0 Å². The number of aliphatic hydroxyl groups excluding tert-OH is 1. The number of rotatable bonds is 4. The first-order valence-electron chi connectivity index (χ1n) is 4.52. The molecular weight excluding hydrogens is 252 g/mol. The zero-order chi connectivity index (χ0) is 12.3. The summed E-state index contributed by atoms with van der Waals surface area (Å²) in [5, 5.41) is 8.82. The van der Waals surface area contributed by atoms with Crippen LogP contribution in [0.2, 0.25) is 5.02 Å². The Morgan fingerprint density at radius 1 is 1.50 bits per heavy atom. The van der Waals surface area contributed by atoms with Crippen molar-refractivity contribution in [1.82, 2.24) is 4.31 Å². The minimum Gasteiger partial charge on any atom is -0.399 e. The molecule has 16 heavy (non-hydrogen) atoms. The summed E-state index contributed by atoms with van der Waals surface area (Å²) in [6.45, 7) is -0.247. The summed E-state index contributed by atoms with van der Waals surface area (Å²) < 4.78 is 25.0. The number of aliphatic hydroxyl groups is 1. The van der Waals surface area contributed by atoms with Crippen LogP contribution in [0, 0.1) is 0 Å². The molecule has 0 saturated carbocycles.